The number of rotatable bonds is 0. The molecule has 0 aromatic rings. The van der Waals surface area contributed by atoms with Gasteiger partial charge in [0, 0.05) is 18.6 Å². The van der Waals surface area contributed by atoms with Crippen LogP contribution in [0.5, 0.6) is 0 Å². The van der Waals surface area contributed by atoms with Gasteiger partial charge in [-0.15, -0.1) is 0 Å². The fourth-order valence-electron chi connectivity index (χ4n) is 2.77. The van der Waals surface area contributed by atoms with Crippen molar-refractivity contribution < 1.29 is 5.11 Å². The minimum atomic E-state index is -0.00990. The fourth-order valence-corrected chi connectivity index (χ4v) is 2.77. The summed E-state index contributed by atoms with van der Waals surface area (Å²) in [5, 5.41) is 9.47. The summed E-state index contributed by atoms with van der Waals surface area (Å²) in [7, 11) is 0. The SMILES string of the molecule is CC(C)(C)N1CC2(CCC(O)CC2)C1. The van der Waals surface area contributed by atoms with Gasteiger partial charge in [0.05, 0.1) is 6.10 Å². The van der Waals surface area contributed by atoms with E-state index in [0.717, 1.165) is 12.8 Å². The number of hydrogen-bond acceptors (Lipinski definition) is 2. The molecule has 2 rings (SSSR count). The zero-order valence-corrected chi connectivity index (χ0v) is 9.71. The van der Waals surface area contributed by atoms with Crippen molar-refractivity contribution in [1.82, 2.24) is 4.90 Å². The Morgan fingerprint density at radius 2 is 1.64 bits per heavy atom. The molecule has 2 fully saturated rings. The molecule has 0 bridgehead atoms. The normalized spacial score (nSPS) is 29.1. The third-order valence-electron chi connectivity index (χ3n) is 4.02. The van der Waals surface area contributed by atoms with Gasteiger partial charge in [-0.05, 0) is 51.9 Å². The Morgan fingerprint density at radius 3 is 2.07 bits per heavy atom. The van der Waals surface area contributed by atoms with E-state index in [-0.39, 0.29) is 6.10 Å². The molecule has 2 nitrogen and oxygen atoms in total. The van der Waals surface area contributed by atoms with Crippen LogP contribution in [0.2, 0.25) is 0 Å². The lowest BCUT2D eigenvalue weighted by molar-refractivity contribution is -0.0938. The number of aliphatic hydroxyl groups excluding tert-OH is 1. The van der Waals surface area contributed by atoms with Crippen LogP contribution in [0.25, 0.3) is 0 Å². The summed E-state index contributed by atoms with van der Waals surface area (Å²) in [6.07, 6.45) is 4.52. The van der Waals surface area contributed by atoms with E-state index >= 15 is 0 Å². The van der Waals surface area contributed by atoms with Crippen LogP contribution in [-0.2, 0) is 0 Å². The van der Waals surface area contributed by atoms with Crippen LogP contribution >= 0.6 is 0 Å². The molecule has 0 radical (unpaired) electrons. The van der Waals surface area contributed by atoms with Gasteiger partial charge < -0.3 is 5.11 Å². The van der Waals surface area contributed by atoms with E-state index in [1.165, 1.54) is 25.9 Å². The Bertz CT molecular complexity index is 203. The Kier molecular flexibility index (Phi) is 2.39. The molecule has 0 aromatic heterocycles. The van der Waals surface area contributed by atoms with Crippen molar-refractivity contribution in [3.63, 3.8) is 0 Å². The van der Waals surface area contributed by atoms with Crippen LogP contribution in [0.1, 0.15) is 46.5 Å². The van der Waals surface area contributed by atoms with Crippen LogP contribution in [-0.4, -0.2) is 34.7 Å². The van der Waals surface area contributed by atoms with Gasteiger partial charge in [-0.2, -0.15) is 0 Å². The highest BCUT2D eigenvalue weighted by molar-refractivity contribution is 5.01. The first kappa shape index (κ1) is 10.4. The molecule has 0 unspecified atom stereocenters. The van der Waals surface area contributed by atoms with Crippen LogP contribution in [0.3, 0.4) is 0 Å². The molecule has 1 spiro atoms. The van der Waals surface area contributed by atoms with Crippen LogP contribution in [0.15, 0.2) is 0 Å². The molecule has 0 amide bonds. The molecule has 1 aliphatic heterocycles. The minimum Gasteiger partial charge on any atom is -0.393 e. The summed E-state index contributed by atoms with van der Waals surface area (Å²) < 4.78 is 0. The van der Waals surface area contributed by atoms with Gasteiger partial charge in [-0.25, -0.2) is 0 Å². The molecule has 82 valence electrons. The van der Waals surface area contributed by atoms with Gasteiger partial charge in [0.2, 0.25) is 0 Å². The lowest BCUT2D eigenvalue weighted by Gasteiger charge is -2.58. The van der Waals surface area contributed by atoms with Crippen molar-refractivity contribution in [3.05, 3.63) is 0 Å². The van der Waals surface area contributed by atoms with Gasteiger partial charge in [-0.1, -0.05) is 0 Å². The van der Waals surface area contributed by atoms with Crippen LogP contribution in [0, 0.1) is 5.41 Å². The summed E-state index contributed by atoms with van der Waals surface area (Å²) >= 11 is 0. The molecule has 0 aromatic carbocycles. The van der Waals surface area contributed by atoms with Crippen molar-refractivity contribution in [1.29, 1.82) is 0 Å². The third-order valence-corrected chi connectivity index (χ3v) is 4.02. The van der Waals surface area contributed by atoms with E-state index in [1.54, 1.807) is 0 Å². The molecule has 14 heavy (non-hydrogen) atoms. The molecule has 2 heteroatoms. The monoisotopic (exact) mass is 197 g/mol. The minimum absolute atomic E-state index is 0.00990. The van der Waals surface area contributed by atoms with E-state index in [1.807, 2.05) is 0 Å². The first-order valence-corrected chi connectivity index (χ1v) is 5.84. The zero-order chi connectivity index (χ0) is 10.4. The highest BCUT2D eigenvalue weighted by Crippen LogP contribution is 2.46. The van der Waals surface area contributed by atoms with Crippen molar-refractivity contribution in [2.45, 2.75) is 58.1 Å². The van der Waals surface area contributed by atoms with E-state index in [0.29, 0.717) is 11.0 Å². The Labute approximate surface area is 87.3 Å². The first-order valence-electron chi connectivity index (χ1n) is 5.84. The molecular weight excluding hydrogens is 174 g/mol. The Balaban J connectivity index is 1.87. The highest BCUT2D eigenvalue weighted by atomic mass is 16.3. The van der Waals surface area contributed by atoms with E-state index in [9.17, 15) is 5.11 Å². The number of likely N-dealkylation sites (tertiary alicyclic amines) is 1. The predicted molar refractivity (Wildman–Crippen MR) is 58.2 cm³/mol. The average Bonchev–Trinajstić information content (AvgIpc) is 2.00. The quantitative estimate of drug-likeness (QED) is 0.642. The molecule has 1 N–H and O–H groups in total. The maximum atomic E-state index is 9.47. The van der Waals surface area contributed by atoms with Crippen LogP contribution < -0.4 is 0 Å². The second-order valence-corrected chi connectivity index (χ2v) is 6.26. The number of hydrogen-bond donors (Lipinski definition) is 1. The summed E-state index contributed by atoms with van der Waals surface area (Å²) in [5.41, 5.74) is 0.911. The summed E-state index contributed by atoms with van der Waals surface area (Å²) in [6, 6.07) is 0. The van der Waals surface area contributed by atoms with Crippen molar-refractivity contribution in [3.8, 4) is 0 Å². The highest BCUT2D eigenvalue weighted by Gasteiger charge is 2.47. The maximum Gasteiger partial charge on any atom is 0.0540 e. The smallest absolute Gasteiger partial charge is 0.0540 e. The maximum absolute atomic E-state index is 9.47. The molecule has 0 atom stereocenters. The van der Waals surface area contributed by atoms with E-state index in [2.05, 4.69) is 25.7 Å². The second kappa shape index (κ2) is 3.21. The lowest BCUT2D eigenvalue weighted by Crippen LogP contribution is -2.63. The van der Waals surface area contributed by atoms with Gasteiger partial charge in [0.25, 0.3) is 0 Å². The summed E-state index contributed by atoms with van der Waals surface area (Å²) in [6.45, 7) is 9.37. The van der Waals surface area contributed by atoms with Gasteiger partial charge >= 0.3 is 0 Å². The van der Waals surface area contributed by atoms with Gasteiger partial charge in [-0.3, -0.25) is 4.90 Å². The van der Waals surface area contributed by atoms with Crippen LogP contribution in [0.4, 0.5) is 0 Å². The Hall–Kier alpha value is -0.0800. The van der Waals surface area contributed by atoms with E-state index < -0.39 is 0 Å². The van der Waals surface area contributed by atoms with Crippen molar-refractivity contribution in [2.24, 2.45) is 5.41 Å². The zero-order valence-electron chi connectivity index (χ0n) is 9.71. The summed E-state index contributed by atoms with van der Waals surface area (Å²) in [5.74, 6) is 0. The molecule has 1 heterocycles. The molecule has 2 aliphatic rings. The second-order valence-electron chi connectivity index (χ2n) is 6.26. The number of aliphatic hydroxyl groups is 1. The summed E-state index contributed by atoms with van der Waals surface area (Å²) in [4.78, 5) is 2.56. The topological polar surface area (TPSA) is 23.5 Å². The Morgan fingerprint density at radius 1 is 1.14 bits per heavy atom. The number of nitrogens with zero attached hydrogens (tertiary/aromatic N) is 1. The predicted octanol–water partition coefficient (Wildman–Crippen LogP) is 2.02. The third kappa shape index (κ3) is 1.82. The largest absolute Gasteiger partial charge is 0.393 e. The molecule has 1 aliphatic carbocycles. The average molecular weight is 197 g/mol. The van der Waals surface area contributed by atoms with Gasteiger partial charge in [0.15, 0.2) is 0 Å². The molecule has 1 saturated heterocycles. The fraction of sp³-hybridized carbons (Fsp3) is 1.00. The molecular formula is C12H23NO. The van der Waals surface area contributed by atoms with Gasteiger partial charge in [0.1, 0.15) is 0 Å². The van der Waals surface area contributed by atoms with Crippen molar-refractivity contribution in [2.75, 3.05) is 13.1 Å². The molecule has 1 saturated carbocycles. The standard InChI is InChI=1S/C12H23NO/c1-11(2,3)13-8-12(9-13)6-4-10(14)5-7-12/h10,14H,4-9H2,1-3H3. The first-order chi connectivity index (χ1) is 6.41. The lowest BCUT2D eigenvalue weighted by atomic mass is 9.66. The van der Waals surface area contributed by atoms with E-state index in [4.69, 9.17) is 0 Å². The van der Waals surface area contributed by atoms with Crippen molar-refractivity contribution >= 4 is 0 Å².